The minimum atomic E-state index is -0.0143. The first-order valence-electron chi connectivity index (χ1n) is 7.52. The Balaban J connectivity index is 1.77. The van der Waals surface area contributed by atoms with E-state index in [-0.39, 0.29) is 5.91 Å². The molecular weight excluding hydrogens is 354 g/mol. The molecule has 3 rings (SSSR count). The highest BCUT2D eigenvalue weighted by Gasteiger charge is 2.31. The maximum absolute atomic E-state index is 12.7. The Kier molecular flexibility index (Phi) is 5.43. The Morgan fingerprint density at radius 3 is 2.42 bits per heavy atom. The first kappa shape index (κ1) is 17.3. The summed E-state index contributed by atoms with van der Waals surface area (Å²) in [5.41, 5.74) is 3.31. The summed E-state index contributed by atoms with van der Waals surface area (Å²) in [4.78, 5) is 16.2. The van der Waals surface area contributed by atoms with Gasteiger partial charge in [-0.05, 0) is 42.5 Å². The Hall–Kier alpha value is -1.56. The summed E-state index contributed by atoms with van der Waals surface area (Å²) >= 11 is 8.47. The average Bonchev–Trinajstić information content (AvgIpc) is 2.85. The van der Waals surface area contributed by atoms with Crippen LogP contribution in [0.2, 0.25) is 0 Å². The standard InChI is InChI=1S/C19H17NOS3/c1-13-3-5-15(6-4-13)12-20-18(21)17(24-19(20)22)11-14-7-9-16(23-2)10-8-14/h3-11H,12H2,1-2H3/b17-11-. The average molecular weight is 372 g/mol. The molecule has 122 valence electrons. The van der Waals surface area contributed by atoms with E-state index >= 15 is 0 Å². The summed E-state index contributed by atoms with van der Waals surface area (Å²) in [6.07, 6.45) is 3.96. The van der Waals surface area contributed by atoms with Crippen molar-refractivity contribution in [3.8, 4) is 0 Å². The topological polar surface area (TPSA) is 20.3 Å². The van der Waals surface area contributed by atoms with E-state index in [1.807, 2.05) is 36.6 Å². The molecule has 5 heteroatoms. The van der Waals surface area contributed by atoms with E-state index in [0.29, 0.717) is 15.8 Å². The molecule has 1 fully saturated rings. The number of amides is 1. The van der Waals surface area contributed by atoms with Gasteiger partial charge in [0.05, 0.1) is 11.4 Å². The zero-order valence-electron chi connectivity index (χ0n) is 13.5. The zero-order valence-corrected chi connectivity index (χ0v) is 15.9. The molecule has 2 aromatic carbocycles. The lowest BCUT2D eigenvalue weighted by Crippen LogP contribution is -2.27. The van der Waals surface area contributed by atoms with Crippen LogP contribution in [-0.4, -0.2) is 21.4 Å². The van der Waals surface area contributed by atoms with E-state index in [4.69, 9.17) is 12.2 Å². The van der Waals surface area contributed by atoms with Gasteiger partial charge in [-0.3, -0.25) is 9.69 Å². The molecule has 0 atom stereocenters. The minimum Gasteiger partial charge on any atom is -0.288 e. The molecule has 0 aliphatic carbocycles. The van der Waals surface area contributed by atoms with Gasteiger partial charge in [-0.1, -0.05) is 65.9 Å². The zero-order chi connectivity index (χ0) is 17.1. The number of benzene rings is 2. The quantitative estimate of drug-likeness (QED) is 0.422. The van der Waals surface area contributed by atoms with Gasteiger partial charge in [0, 0.05) is 4.90 Å². The van der Waals surface area contributed by atoms with Crippen LogP contribution in [0.15, 0.2) is 58.3 Å². The van der Waals surface area contributed by atoms with Crippen molar-refractivity contribution in [2.45, 2.75) is 18.4 Å². The smallest absolute Gasteiger partial charge is 0.266 e. The van der Waals surface area contributed by atoms with Crippen LogP contribution in [0.5, 0.6) is 0 Å². The number of aryl methyl sites for hydroxylation is 1. The third-order valence-corrected chi connectivity index (χ3v) is 5.87. The minimum absolute atomic E-state index is 0.0143. The number of hydrogen-bond acceptors (Lipinski definition) is 4. The van der Waals surface area contributed by atoms with Gasteiger partial charge >= 0.3 is 0 Å². The molecule has 2 aromatic rings. The van der Waals surface area contributed by atoms with E-state index in [0.717, 1.165) is 11.1 Å². The van der Waals surface area contributed by atoms with E-state index in [2.05, 4.69) is 31.2 Å². The molecule has 0 bridgehead atoms. The maximum Gasteiger partial charge on any atom is 0.266 e. The van der Waals surface area contributed by atoms with Gasteiger partial charge in [0.1, 0.15) is 4.32 Å². The number of hydrogen-bond donors (Lipinski definition) is 0. The van der Waals surface area contributed by atoms with Crippen LogP contribution in [0.3, 0.4) is 0 Å². The molecule has 0 saturated carbocycles. The normalized spacial score (nSPS) is 16.2. The molecule has 0 aromatic heterocycles. The van der Waals surface area contributed by atoms with Gasteiger partial charge in [-0.2, -0.15) is 0 Å². The van der Waals surface area contributed by atoms with Crippen molar-refractivity contribution in [3.05, 3.63) is 70.1 Å². The number of carbonyl (C=O) groups excluding carboxylic acids is 1. The molecule has 0 unspecified atom stereocenters. The van der Waals surface area contributed by atoms with Gasteiger partial charge in [-0.25, -0.2) is 0 Å². The predicted molar refractivity (Wildman–Crippen MR) is 108 cm³/mol. The van der Waals surface area contributed by atoms with Crippen LogP contribution in [0, 0.1) is 6.92 Å². The summed E-state index contributed by atoms with van der Waals surface area (Å²) < 4.78 is 0.618. The Labute approximate surface area is 156 Å². The summed E-state index contributed by atoms with van der Waals surface area (Å²) in [6, 6.07) is 16.4. The fourth-order valence-electron chi connectivity index (χ4n) is 2.36. The van der Waals surface area contributed by atoms with Crippen molar-refractivity contribution < 1.29 is 4.79 Å². The van der Waals surface area contributed by atoms with Crippen molar-refractivity contribution in [1.29, 1.82) is 0 Å². The van der Waals surface area contributed by atoms with E-state index in [1.165, 1.54) is 22.2 Å². The Morgan fingerprint density at radius 2 is 1.79 bits per heavy atom. The fraction of sp³-hybridized carbons (Fsp3) is 0.158. The van der Waals surface area contributed by atoms with E-state index < -0.39 is 0 Å². The number of rotatable bonds is 4. The van der Waals surface area contributed by atoms with Gasteiger partial charge in [0.15, 0.2) is 0 Å². The lowest BCUT2D eigenvalue weighted by molar-refractivity contribution is -0.122. The molecule has 1 aliphatic heterocycles. The molecular formula is C19H17NOS3. The molecule has 1 aliphatic rings. The van der Waals surface area contributed by atoms with Gasteiger partial charge < -0.3 is 0 Å². The van der Waals surface area contributed by atoms with E-state index in [1.54, 1.807) is 16.7 Å². The number of nitrogens with zero attached hydrogens (tertiary/aromatic N) is 1. The fourth-order valence-corrected chi connectivity index (χ4v) is 4.03. The van der Waals surface area contributed by atoms with Crippen molar-refractivity contribution in [1.82, 2.24) is 4.90 Å². The van der Waals surface area contributed by atoms with Gasteiger partial charge in [0.25, 0.3) is 5.91 Å². The predicted octanol–water partition coefficient (Wildman–Crippen LogP) is 5.12. The van der Waals surface area contributed by atoms with Crippen molar-refractivity contribution >= 4 is 52.0 Å². The van der Waals surface area contributed by atoms with Gasteiger partial charge in [-0.15, -0.1) is 11.8 Å². The molecule has 1 saturated heterocycles. The SMILES string of the molecule is CSc1ccc(/C=C2\SC(=S)N(Cc3ccc(C)cc3)C2=O)cc1. The van der Waals surface area contributed by atoms with Crippen LogP contribution in [0.4, 0.5) is 0 Å². The molecule has 1 heterocycles. The summed E-state index contributed by atoms with van der Waals surface area (Å²) in [5.74, 6) is -0.0143. The molecule has 0 N–H and O–H groups in total. The van der Waals surface area contributed by atoms with Gasteiger partial charge in [0.2, 0.25) is 0 Å². The third-order valence-electron chi connectivity index (χ3n) is 3.75. The number of carbonyl (C=O) groups is 1. The second-order valence-electron chi connectivity index (χ2n) is 5.53. The largest absolute Gasteiger partial charge is 0.288 e. The van der Waals surface area contributed by atoms with Crippen molar-refractivity contribution in [2.75, 3.05) is 6.26 Å². The monoisotopic (exact) mass is 371 g/mol. The van der Waals surface area contributed by atoms with Crippen molar-refractivity contribution in [2.24, 2.45) is 0 Å². The maximum atomic E-state index is 12.7. The second kappa shape index (κ2) is 7.55. The highest BCUT2D eigenvalue weighted by atomic mass is 32.2. The molecule has 0 spiro atoms. The van der Waals surface area contributed by atoms with Crippen LogP contribution < -0.4 is 0 Å². The lowest BCUT2D eigenvalue weighted by atomic mass is 10.1. The molecule has 24 heavy (non-hydrogen) atoms. The summed E-state index contributed by atoms with van der Waals surface area (Å²) in [7, 11) is 0. The van der Waals surface area contributed by atoms with Crippen LogP contribution in [-0.2, 0) is 11.3 Å². The summed E-state index contributed by atoms with van der Waals surface area (Å²) in [5, 5.41) is 0. The number of thiocarbonyl (C=S) groups is 1. The van der Waals surface area contributed by atoms with E-state index in [9.17, 15) is 4.79 Å². The van der Waals surface area contributed by atoms with Crippen LogP contribution in [0.1, 0.15) is 16.7 Å². The molecule has 1 amide bonds. The van der Waals surface area contributed by atoms with Crippen LogP contribution in [0.25, 0.3) is 6.08 Å². The molecule has 0 radical (unpaired) electrons. The summed E-state index contributed by atoms with van der Waals surface area (Å²) in [6.45, 7) is 2.57. The highest BCUT2D eigenvalue weighted by Crippen LogP contribution is 2.33. The first-order valence-corrected chi connectivity index (χ1v) is 9.97. The molecule has 2 nitrogen and oxygen atoms in total. The number of thioether (sulfide) groups is 2. The lowest BCUT2D eigenvalue weighted by Gasteiger charge is -2.14. The van der Waals surface area contributed by atoms with Crippen molar-refractivity contribution in [3.63, 3.8) is 0 Å². The second-order valence-corrected chi connectivity index (χ2v) is 8.08. The third kappa shape index (κ3) is 3.91. The Bertz CT molecular complexity index is 794. The Morgan fingerprint density at radius 1 is 1.12 bits per heavy atom. The highest BCUT2D eigenvalue weighted by molar-refractivity contribution is 8.26. The first-order chi connectivity index (χ1) is 11.6. The van der Waals surface area contributed by atoms with Crippen LogP contribution >= 0.6 is 35.7 Å².